The van der Waals surface area contributed by atoms with Gasteiger partial charge in [-0.1, -0.05) is 154 Å². The van der Waals surface area contributed by atoms with Gasteiger partial charge in [0.15, 0.2) is 0 Å². The Morgan fingerprint density at radius 3 is 1.60 bits per heavy atom. The van der Waals surface area contributed by atoms with Crippen LogP contribution < -0.4 is 4.43 Å². The Balaban J connectivity index is 1.47. The Labute approximate surface area is 270 Å². The van der Waals surface area contributed by atoms with Crippen molar-refractivity contribution in [1.82, 2.24) is 4.90 Å². The van der Waals surface area contributed by atoms with Gasteiger partial charge >= 0.3 is 0 Å². The van der Waals surface area contributed by atoms with Crippen molar-refractivity contribution in [3.8, 4) is 5.75 Å². The highest BCUT2D eigenvalue weighted by atomic mass is 28.4. The second-order valence-corrected chi connectivity index (χ2v) is 18.4. The molecule has 1 fully saturated rings. The van der Waals surface area contributed by atoms with Gasteiger partial charge < -0.3 is 9.16 Å². The maximum Gasteiger partial charge on any atom is 0.250 e. The van der Waals surface area contributed by atoms with E-state index in [1.807, 2.05) is 0 Å². The number of ether oxygens (including phenoxy) is 1. The van der Waals surface area contributed by atoms with Crippen LogP contribution in [-0.4, -0.2) is 25.9 Å². The van der Waals surface area contributed by atoms with Crippen LogP contribution in [-0.2, 0) is 16.9 Å². The van der Waals surface area contributed by atoms with Crippen molar-refractivity contribution < 1.29 is 9.16 Å². The molecule has 3 nitrogen and oxygen atoms in total. The van der Waals surface area contributed by atoms with Gasteiger partial charge in [-0.05, 0) is 58.1 Å². The van der Waals surface area contributed by atoms with Gasteiger partial charge in [0.2, 0.25) is 8.32 Å². The molecule has 1 aliphatic heterocycles. The molecule has 0 saturated carbocycles. The number of nitrogens with zero attached hydrogens (tertiary/aromatic N) is 1. The molecule has 1 saturated heterocycles. The van der Waals surface area contributed by atoms with Crippen LogP contribution in [0.5, 0.6) is 5.75 Å². The summed E-state index contributed by atoms with van der Waals surface area (Å²) in [4.78, 5) is 2.67. The lowest BCUT2D eigenvalue weighted by Crippen LogP contribution is -2.43. The summed E-state index contributed by atoms with van der Waals surface area (Å²) in [5, 5.41) is 0.117. The van der Waals surface area contributed by atoms with E-state index in [4.69, 9.17) is 9.16 Å². The molecule has 5 aromatic carbocycles. The Kier molecular flexibility index (Phi) is 8.83. The maximum atomic E-state index is 6.82. The van der Waals surface area contributed by atoms with Crippen molar-refractivity contribution in [2.45, 2.75) is 63.1 Å². The van der Waals surface area contributed by atoms with Crippen LogP contribution >= 0.6 is 0 Å². The molecule has 3 unspecified atom stereocenters. The fourth-order valence-electron chi connectivity index (χ4n) is 6.36. The Morgan fingerprint density at radius 2 is 1.11 bits per heavy atom. The third-order valence-electron chi connectivity index (χ3n) is 9.67. The zero-order valence-corrected chi connectivity index (χ0v) is 28.2. The molecule has 6 rings (SSSR count). The van der Waals surface area contributed by atoms with E-state index in [1.165, 1.54) is 27.8 Å². The van der Waals surface area contributed by atoms with Crippen LogP contribution in [0.25, 0.3) is 0 Å². The fraction of sp³-hybridized carbons (Fsp3) is 0.268. The number of benzene rings is 5. The largest absolute Gasteiger partial charge is 0.543 e. The SMILES string of the molecule is CC(C)(C)[Si](C)(C)Oc1cccc(C2C(COCc3ccccc3)N2C(c2ccccc2)(c2ccccc2)c2ccccc2)c1. The Bertz CT molecular complexity index is 1570. The molecule has 1 aliphatic rings. The van der Waals surface area contributed by atoms with Crippen molar-refractivity contribution in [3.63, 3.8) is 0 Å². The predicted octanol–water partition coefficient (Wildman–Crippen LogP) is 10.0. The quantitative estimate of drug-likeness (QED) is 0.0843. The van der Waals surface area contributed by atoms with Gasteiger partial charge in [0.1, 0.15) is 5.75 Å². The Morgan fingerprint density at radius 1 is 0.622 bits per heavy atom. The van der Waals surface area contributed by atoms with E-state index in [0.717, 1.165) is 5.75 Å². The molecule has 3 atom stereocenters. The summed E-state index contributed by atoms with van der Waals surface area (Å²) in [7, 11) is -2.01. The molecular formula is C41H45NO2Si. The highest BCUT2D eigenvalue weighted by Crippen LogP contribution is 2.58. The molecule has 0 aromatic heterocycles. The van der Waals surface area contributed by atoms with Crippen LogP contribution in [0.2, 0.25) is 18.1 Å². The molecule has 45 heavy (non-hydrogen) atoms. The summed E-state index contributed by atoms with van der Waals surface area (Å²) in [6.45, 7) is 12.7. The van der Waals surface area contributed by atoms with Crippen molar-refractivity contribution in [1.29, 1.82) is 0 Å². The van der Waals surface area contributed by atoms with E-state index in [-0.39, 0.29) is 17.1 Å². The van der Waals surface area contributed by atoms with Crippen LogP contribution in [0.4, 0.5) is 0 Å². The van der Waals surface area contributed by atoms with E-state index in [2.05, 4.69) is 184 Å². The molecular weight excluding hydrogens is 567 g/mol. The lowest BCUT2D eigenvalue weighted by Gasteiger charge is -2.39. The van der Waals surface area contributed by atoms with E-state index < -0.39 is 13.9 Å². The maximum absolute atomic E-state index is 6.82. The third-order valence-corrected chi connectivity index (χ3v) is 14.0. The lowest BCUT2D eigenvalue weighted by molar-refractivity contribution is 0.107. The molecule has 230 valence electrons. The zero-order chi connectivity index (χ0) is 31.5. The first-order valence-corrected chi connectivity index (χ1v) is 19.0. The first-order valence-electron chi connectivity index (χ1n) is 16.1. The summed E-state index contributed by atoms with van der Waals surface area (Å²) in [6.07, 6.45) is 0. The van der Waals surface area contributed by atoms with Crippen molar-refractivity contribution in [2.75, 3.05) is 6.61 Å². The first kappa shape index (κ1) is 31.0. The van der Waals surface area contributed by atoms with Crippen LogP contribution in [0, 0.1) is 0 Å². The minimum atomic E-state index is -2.01. The zero-order valence-electron chi connectivity index (χ0n) is 27.2. The van der Waals surface area contributed by atoms with E-state index in [1.54, 1.807) is 0 Å². The van der Waals surface area contributed by atoms with Gasteiger partial charge in [-0.2, -0.15) is 0 Å². The summed E-state index contributed by atoms with van der Waals surface area (Å²) in [5.41, 5.74) is 5.65. The van der Waals surface area contributed by atoms with Crippen molar-refractivity contribution in [2.24, 2.45) is 0 Å². The standard InChI is InChI=1S/C41H45NO2Si/c1-40(2,3)45(4,5)44-37-28-18-21-33(29-37)39-38(31-43-30-32-19-10-6-11-20-32)42(39)41(34-22-12-7-13-23-34,35-24-14-8-15-25-35)36-26-16-9-17-27-36/h6-29,38-39H,30-31H2,1-5H3. The van der Waals surface area contributed by atoms with E-state index in [0.29, 0.717) is 13.2 Å². The molecule has 4 heteroatoms. The molecule has 0 bridgehead atoms. The van der Waals surface area contributed by atoms with Gasteiger partial charge in [0, 0.05) is 0 Å². The fourth-order valence-corrected chi connectivity index (χ4v) is 7.38. The molecule has 5 aromatic rings. The summed E-state index contributed by atoms with van der Waals surface area (Å²) in [6, 6.07) is 52.4. The highest BCUT2D eigenvalue weighted by Gasteiger charge is 2.61. The average Bonchev–Trinajstić information content (AvgIpc) is 3.77. The molecule has 1 heterocycles. The Hall–Kier alpha value is -3.96. The normalized spacial score (nSPS) is 18.4. The summed E-state index contributed by atoms with van der Waals surface area (Å²) < 4.78 is 13.3. The van der Waals surface area contributed by atoms with Gasteiger partial charge in [0.05, 0.1) is 30.8 Å². The van der Waals surface area contributed by atoms with Gasteiger partial charge in [-0.3, -0.25) is 4.90 Å². The van der Waals surface area contributed by atoms with Gasteiger partial charge in [-0.15, -0.1) is 0 Å². The molecule has 0 N–H and O–H groups in total. The predicted molar refractivity (Wildman–Crippen MR) is 188 cm³/mol. The smallest absolute Gasteiger partial charge is 0.250 e. The monoisotopic (exact) mass is 611 g/mol. The van der Waals surface area contributed by atoms with Crippen LogP contribution in [0.15, 0.2) is 146 Å². The molecule has 0 spiro atoms. The van der Waals surface area contributed by atoms with Crippen molar-refractivity contribution >= 4 is 8.32 Å². The summed E-state index contributed by atoms with van der Waals surface area (Å²) >= 11 is 0. The molecule has 0 radical (unpaired) electrons. The van der Waals surface area contributed by atoms with Crippen LogP contribution in [0.3, 0.4) is 0 Å². The van der Waals surface area contributed by atoms with E-state index in [9.17, 15) is 0 Å². The third kappa shape index (κ3) is 6.28. The van der Waals surface area contributed by atoms with Gasteiger partial charge in [-0.25, -0.2) is 0 Å². The average molecular weight is 612 g/mol. The minimum Gasteiger partial charge on any atom is -0.543 e. The first-order chi connectivity index (χ1) is 21.7. The van der Waals surface area contributed by atoms with Gasteiger partial charge in [0.25, 0.3) is 0 Å². The number of rotatable bonds is 11. The van der Waals surface area contributed by atoms with Crippen molar-refractivity contribution in [3.05, 3.63) is 173 Å². The summed E-state index contributed by atoms with van der Waals surface area (Å²) in [5.74, 6) is 0.958. The van der Waals surface area contributed by atoms with Crippen LogP contribution in [0.1, 0.15) is 54.6 Å². The minimum absolute atomic E-state index is 0.117. The highest BCUT2D eigenvalue weighted by molar-refractivity contribution is 6.74. The van der Waals surface area contributed by atoms with E-state index >= 15 is 0 Å². The lowest BCUT2D eigenvalue weighted by atomic mass is 9.76. The molecule has 0 amide bonds. The number of hydrogen-bond acceptors (Lipinski definition) is 3. The molecule has 0 aliphatic carbocycles. The second kappa shape index (κ2) is 12.8. The number of hydrogen-bond donors (Lipinski definition) is 0. The topological polar surface area (TPSA) is 21.5 Å². The second-order valence-electron chi connectivity index (χ2n) is 13.7.